The molecule has 1 aliphatic rings. The third-order valence-electron chi connectivity index (χ3n) is 3.59. The summed E-state index contributed by atoms with van der Waals surface area (Å²) in [6.07, 6.45) is 6.16. The fourth-order valence-electron chi connectivity index (χ4n) is 2.61. The molecule has 0 bridgehead atoms. The number of halogens is 2. The SMILES string of the molecule is NNC(CC1CCCC1)c1ccc(F)c(Cl)c1. The molecule has 1 aromatic rings. The van der Waals surface area contributed by atoms with Crippen LogP contribution in [0.4, 0.5) is 4.39 Å². The number of rotatable bonds is 4. The van der Waals surface area contributed by atoms with E-state index in [2.05, 4.69) is 5.43 Å². The van der Waals surface area contributed by atoms with Gasteiger partial charge in [-0.1, -0.05) is 43.4 Å². The molecular weight excluding hydrogens is 239 g/mol. The van der Waals surface area contributed by atoms with E-state index >= 15 is 0 Å². The fourth-order valence-corrected chi connectivity index (χ4v) is 2.80. The van der Waals surface area contributed by atoms with E-state index in [4.69, 9.17) is 17.4 Å². The Morgan fingerprint density at radius 3 is 2.71 bits per heavy atom. The molecule has 0 aliphatic heterocycles. The van der Waals surface area contributed by atoms with Crippen molar-refractivity contribution in [1.29, 1.82) is 0 Å². The van der Waals surface area contributed by atoms with Gasteiger partial charge in [-0.05, 0) is 30.0 Å². The Balaban J connectivity index is 2.08. The fraction of sp³-hybridized carbons (Fsp3) is 0.538. The van der Waals surface area contributed by atoms with Crippen molar-refractivity contribution in [2.75, 3.05) is 0 Å². The van der Waals surface area contributed by atoms with Crippen LogP contribution in [0.3, 0.4) is 0 Å². The maximum absolute atomic E-state index is 13.1. The smallest absolute Gasteiger partial charge is 0.141 e. The number of benzene rings is 1. The van der Waals surface area contributed by atoms with Gasteiger partial charge in [-0.25, -0.2) is 4.39 Å². The molecule has 1 aliphatic carbocycles. The topological polar surface area (TPSA) is 38.0 Å². The molecule has 0 aromatic heterocycles. The van der Waals surface area contributed by atoms with E-state index in [0.29, 0.717) is 0 Å². The third kappa shape index (κ3) is 3.18. The minimum atomic E-state index is -0.382. The molecule has 2 nitrogen and oxygen atoms in total. The molecule has 1 unspecified atom stereocenters. The second kappa shape index (κ2) is 5.80. The van der Waals surface area contributed by atoms with Crippen LogP contribution >= 0.6 is 11.6 Å². The predicted molar refractivity (Wildman–Crippen MR) is 68.0 cm³/mol. The van der Waals surface area contributed by atoms with Crippen LogP contribution in [-0.4, -0.2) is 0 Å². The van der Waals surface area contributed by atoms with Gasteiger partial charge in [0.1, 0.15) is 5.82 Å². The Hall–Kier alpha value is -0.640. The summed E-state index contributed by atoms with van der Waals surface area (Å²) in [7, 11) is 0. The first-order chi connectivity index (χ1) is 8.20. The van der Waals surface area contributed by atoms with E-state index in [0.717, 1.165) is 17.9 Å². The van der Waals surface area contributed by atoms with Gasteiger partial charge in [0, 0.05) is 6.04 Å². The van der Waals surface area contributed by atoms with Crippen molar-refractivity contribution in [3.8, 4) is 0 Å². The van der Waals surface area contributed by atoms with E-state index in [1.807, 2.05) is 0 Å². The second-order valence-electron chi connectivity index (χ2n) is 4.78. The molecule has 17 heavy (non-hydrogen) atoms. The molecule has 2 rings (SSSR count). The molecule has 0 heterocycles. The predicted octanol–water partition coefficient (Wildman–Crippen LogP) is 3.56. The van der Waals surface area contributed by atoms with Crippen molar-refractivity contribution in [3.63, 3.8) is 0 Å². The minimum Gasteiger partial charge on any atom is -0.271 e. The average molecular weight is 257 g/mol. The van der Waals surface area contributed by atoms with Crippen molar-refractivity contribution in [2.24, 2.45) is 11.8 Å². The van der Waals surface area contributed by atoms with Crippen LogP contribution in [0.15, 0.2) is 18.2 Å². The molecule has 3 N–H and O–H groups in total. The highest BCUT2D eigenvalue weighted by Gasteiger charge is 2.21. The van der Waals surface area contributed by atoms with Gasteiger partial charge in [-0.2, -0.15) is 0 Å². The van der Waals surface area contributed by atoms with E-state index in [1.165, 1.54) is 31.7 Å². The molecule has 1 atom stereocenters. The quantitative estimate of drug-likeness (QED) is 0.639. The van der Waals surface area contributed by atoms with Gasteiger partial charge < -0.3 is 0 Å². The van der Waals surface area contributed by atoms with E-state index < -0.39 is 0 Å². The summed E-state index contributed by atoms with van der Waals surface area (Å²) in [4.78, 5) is 0. The molecule has 0 spiro atoms. The summed E-state index contributed by atoms with van der Waals surface area (Å²) in [6.45, 7) is 0. The van der Waals surface area contributed by atoms with Gasteiger partial charge in [-0.15, -0.1) is 0 Å². The van der Waals surface area contributed by atoms with Gasteiger partial charge in [0.15, 0.2) is 0 Å². The van der Waals surface area contributed by atoms with Crippen molar-refractivity contribution < 1.29 is 4.39 Å². The Morgan fingerprint density at radius 2 is 2.12 bits per heavy atom. The zero-order valence-corrected chi connectivity index (χ0v) is 10.5. The van der Waals surface area contributed by atoms with Crippen LogP contribution in [-0.2, 0) is 0 Å². The Bertz CT molecular complexity index is 378. The summed E-state index contributed by atoms with van der Waals surface area (Å²) in [5.74, 6) is 5.92. The molecule has 1 saturated carbocycles. The van der Waals surface area contributed by atoms with Gasteiger partial charge in [-0.3, -0.25) is 11.3 Å². The second-order valence-corrected chi connectivity index (χ2v) is 5.19. The van der Waals surface area contributed by atoms with Gasteiger partial charge in [0.25, 0.3) is 0 Å². The van der Waals surface area contributed by atoms with Gasteiger partial charge in [0.2, 0.25) is 0 Å². The van der Waals surface area contributed by atoms with Crippen molar-refractivity contribution in [3.05, 3.63) is 34.6 Å². The first-order valence-electron chi connectivity index (χ1n) is 6.12. The Morgan fingerprint density at radius 1 is 1.41 bits per heavy atom. The minimum absolute atomic E-state index is 0.0659. The highest BCUT2D eigenvalue weighted by Crippen LogP contribution is 2.33. The highest BCUT2D eigenvalue weighted by atomic mass is 35.5. The molecule has 1 fully saturated rings. The molecule has 4 heteroatoms. The normalized spacial score (nSPS) is 18.5. The van der Waals surface area contributed by atoms with Crippen LogP contribution < -0.4 is 11.3 Å². The maximum Gasteiger partial charge on any atom is 0.141 e. The summed E-state index contributed by atoms with van der Waals surface area (Å²) < 4.78 is 13.1. The lowest BCUT2D eigenvalue weighted by molar-refractivity contribution is 0.400. The van der Waals surface area contributed by atoms with Crippen molar-refractivity contribution in [1.82, 2.24) is 5.43 Å². The highest BCUT2D eigenvalue weighted by molar-refractivity contribution is 6.30. The summed E-state index contributed by atoms with van der Waals surface area (Å²) in [6, 6.07) is 4.88. The number of hydrogen-bond donors (Lipinski definition) is 2. The molecule has 0 saturated heterocycles. The Kier molecular flexibility index (Phi) is 4.37. The van der Waals surface area contributed by atoms with E-state index in [9.17, 15) is 4.39 Å². The zero-order valence-electron chi connectivity index (χ0n) is 9.76. The molecule has 1 aromatic carbocycles. The lowest BCUT2D eigenvalue weighted by atomic mass is 9.94. The number of nitrogens with two attached hydrogens (primary N) is 1. The summed E-state index contributed by atoms with van der Waals surface area (Å²) >= 11 is 5.79. The lowest BCUT2D eigenvalue weighted by Gasteiger charge is -2.20. The molecular formula is C13H18ClFN2. The van der Waals surface area contributed by atoms with Gasteiger partial charge in [0.05, 0.1) is 5.02 Å². The van der Waals surface area contributed by atoms with Crippen molar-refractivity contribution >= 4 is 11.6 Å². The van der Waals surface area contributed by atoms with Crippen LogP contribution in [0.2, 0.25) is 5.02 Å². The first-order valence-corrected chi connectivity index (χ1v) is 6.49. The summed E-state index contributed by atoms with van der Waals surface area (Å²) in [5.41, 5.74) is 3.77. The zero-order chi connectivity index (χ0) is 12.3. The van der Waals surface area contributed by atoms with Crippen LogP contribution in [0.5, 0.6) is 0 Å². The Labute approximate surface area is 106 Å². The van der Waals surface area contributed by atoms with Crippen LogP contribution in [0.25, 0.3) is 0 Å². The lowest BCUT2D eigenvalue weighted by Crippen LogP contribution is -2.29. The van der Waals surface area contributed by atoms with E-state index in [-0.39, 0.29) is 16.9 Å². The molecule has 0 amide bonds. The molecule has 94 valence electrons. The number of hydrogen-bond acceptors (Lipinski definition) is 2. The largest absolute Gasteiger partial charge is 0.271 e. The average Bonchev–Trinajstić information content (AvgIpc) is 2.82. The van der Waals surface area contributed by atoms with E-state index in [1.54, 1.807) is 12.1 Å². The van der Waals surface area contributed by atoms with Crippen molar-refractivity contribution in [2.45, 2.75) is 38.1 Å². The molecule has 0 radical (unpaired) electrons. The van der Waals surface area contributed by atoms with Gasteiger partial charge >= 0.3 is 0 Å². The first kappa shape index (κ1) is 12.8. The summed E-state index contributed by atoms with van der Waals surface area (Å²) in [5, 5.41) is 0.161. The van der Waals surface area contributed by atoms with Crippen LogP contribution in [0, 0.1) is 11.7 Å². The number of hydrazine groups is 1. The van der Waals surface area contributed by atoms with Crippen LogP contribution in [0.1, 0.15) is 43.7 Å². The standard InChI is InChI=1S/C13H18ClFN2/c14-11-8-10(5-6-12(11)15)13(17-16)7-9-3-1-2-4-9/h5-6,8-9,13,17H,1-4,7,16H2. The monoisotopic (exact) mass is 256 g/mol. The number of nitrogens with one attached hydrogen (secondary N) is 1. The maximum atomic E-state index is 13.1. The third-order valence-corrected chi connectivity index (χ3v) is 3.88.